The summed E-state index contributed by atoms with van der Waals surface area (Å²) < 4.78 is 0. The molecule has 0 unspecified atom stereocenters. The van der Waals surface area contributed by atoms with Gasteiger partial charge in [0, 0.05) is 11.8 Å². The van der Waals surface area contributed by atoms with Crippen LogP contribution >= 0.6 is 0 Å². The highest BCUT2D eigenvalue weighted by molar-refractivity contribution is 5.91. The van der Waals surface area contributed by atoms with Gasteiger partial charge in [0.05, 0.1) is 6.10 Å². The first-order valence-corrected chi connectivity index (χ1v) is 9.96. The topological polar surface area (TPSA) is 94.8 Å². The average Bonchev–Trinajstić information content (AvgIpc) is 2.86. The van der Waals surface area contributed by atoms with E-state index >= 15 is 0 Å². The summed E-state index contributed by atoms with van der Waals surface area (Å²) in [7, 11) is 0. The molecule has 7 atom stereocenters. The first-order valence-electron chi connectivity index (χ1n) is 9.96. The van der Waals surface area contributed by atoms with Gasteiger partial charge < -0.3 is 15.3 Å². The molecule has 3 fully saturated rings. The van der Waals surface area contributed by atoms with Gasteiger partial charge in [0.2, 0.25) is 0 Å². The molecular weight excluding hydrogens is 332 g/mol. The predicted molar refractivity (Wildman–Crippen MR) is 95.1 cm³/mol. The first kappa shape index (κ1) is 18.3. The highest BCUT2D eigenvalue weighted by Crippen LogP contribution is 2.67. The molecule has 0 aromatic heterocycles. The number of carbonyl (C=O) groups is 2. The molecule has 0 aromatic carbocycles. The van der Waals surface area contributed by atoms with Crippen molar-refractivity contribution in [3.05, 3.63) is 11.6 Å². The van der Waals surface area contributed by atoms with Gasteiger partial charge in [-0.1, -0.05) is 19.4 Å². The summed E-state index contributed by atoms with van der Waals surface area (Å²) in [5.41, 5.74) is -1.23. The summed E-state index contributed by atoms with van der Waals surface area (Å²) in [5.74, 6) is 0.140. The fourth-order valence-electron chi connectivity index (χ4n) is 7.28. The van der Waals surface area contributed by atoms with E-state index in [0.717, 1.165) is 25.7 Å². The largest absolute Gasteiger partial charge is 0.393 e. The maximum Gasteiger partial charge on any atom is 0.190 e. The van der Waals surface area contributed by atoms with Crippen molar-refractivity contribution in [1.82, 2.24) is 0 Å². The van der Waals surface area contributed by atoms with Crippen LogP contribution in [-0.2, 0) is 9.59 Å². The zero-order valence-corrected chi connectivity index (χ0v) is 15.7. The second-order valence-electron chi connectivity index (χ2n) is 9.56. The van der Waals surface area contributed by atoms with Crippen LogP contribution in [0.1, 0.15) is 58.8 Å². The number of rotatable bonds is 2. The lowest BCUT2D eigenvalue weighted by atomic mass is 9.45. The van der Waals surface area contributed by atoms with Crippen molar-refractivity contribution >= 4 is 11.6 Å². The Bertz CT molecular complexity index is 684. The number of hydrogen-bond acceptors (Lipinski definition) is 5. The molecule has 0 aromatic rings. The van der Waals surface area contributed by atoms with Crippen molar-refractivity contribution in [1.29, 1.82) is 0 Å². The molecular formula is C21H30O5. The molecule has 0 saturated heterocycles. The molecule has 4 aliphatic carbocycles. The van der Waals surface area contributed by atoms with Crippen LogP contribution < -0.4 is 0 Å². The van der Waals surface area contributed by atoms with Crippen LogP contribution in [0.5, 0.6) is 0 Å². The lowest BCUT2D eigenvalue weighted by Gasteiger charge is -2.60. The van der Waals surface area contributed by atoms with Gasteiger partial charge in [-0.05, 0) is 67.8 Å². The molecule has 5 nitrogen and oxygen atoms in total. The van der Waals surface area contributed by atoms with E-state index < -0.39 is 29.5 Å². The van der Waals surface area contributed by atoms with E-state index in [1.807, 2.05) is 6.92 Å². The number of ketones is 2. The number of aliphatic hydroxyl groups is 3. The summed E-state index contributed by atoms with van der Waals surface area (Å²) in [6.45, 7) is 3.46. The Labute approximate surface area is 154 Å². The summed E-state index contributed by atoms with van der Waals surface area (Å²) >= 11 is 0. The Hall–Kier alpha value is -1.04. The van der Waals surface area contributed by atoms with Gasteiger partial charge in [-0.2, -0.15) is 0 Å². The number of allylic oxidation sites excluding steroid dienone is 1. The molecule has 4 aliphatic rings. The molecule has 0 aliphatic heterocycles. The van der Waals surface area contributed by atoms with E-state index in [1.54, 1.807) is 6.08 Å². The Balaban J connectivity index is 1.74. The second kappa shape index (κ2) is 5.73. The zero-order valence-electron chi connectivity index (χ0n) is 15.7. The molecule has 26 heavy (non-hydrogen) atoms. The third kappa shape index (κ3) is 2.14. The van der Waals surface area contributed by atoms with E-state index in [4.69, 9.17) is 0 Å². The summed E-state index contributed by atoms with van der Waals surface area (Å²) in [4.78, 5) is 24.3. The maximum atomic E-state index is 12.4. The van der Waals surface area contributed by atoms with Gasteiger partial charge in [0.1, 0.15) is 12.2 Å². The molecule has 3 saturated carbocycles. The number of Topliss-reactive ketones (excluding diaryl/α,β-unsaturated/α-hetero) is 1. The van der Waals surface area contributed by atoms with Crippen LogP contribution in [0.15, 0.2) is 11.6 Å². The van der Waals surface area contributed by atoms with Gasteiger partial charge >= 0.3 is 0 Å². The van der Waals surface area contributed by atoms with Crippen LogP contribution in [-0.4, -0.2) is 45.2 Å². The van der Waals surface area contributed by atoms with Crippen molar-refractivity contribution in [3.8, 4) is 0 Å². The van der Waals surface area contributed by atoms with Gasteiger partial charge in [0.15, 0.2) is 11.6 Å². The molecule has 144 valence electrons. The second-order valence-corrected chi connectivity index (χ2v) is 9.56. The standard InChI is InChI=1S/C21H30O5/c1-19-7-5-13(23)9-12(19)3-4-14-15-6-8-21(26,17(25)11-22)20(15,2)10-16(24)18(14)19/h9,14-16,18,22,24,26H,3-8,10-11H2,1-2H3/t14-,15-,16-,18+,19-,20-,21-/m1/s1. The number of aliphatic hydroxyl groups excluding tert-OH is 2. The third-order valence-electron chi connectivity index (χ3n) is 8.65. The van der Waals surface area contributed by atoms with Crippen molar-refractivity contribution in [3.63, 3.8) is 0 Å². The summed E-state index contributed by atoms with van der Waals surface area (Å²) in [6, 6.07) is 0. The molecule has 0 amide bonds. The maximum absolute atomic E-state index is 12.4. The van der Waals surface area contributed by atoms with Crippen LogP contribution in [0.3, 0.4) is 0 Å². The van der Waals surface area contributed by atoms with Crippen LogP contribution in [0.2, 0.25) is 0 Å². The molecule has 0 spiro atoms. The van der Waals surface area contributed by atoms with Crippen molar-refractivity contribution in [2.24, 2.45) is 28.6 Å². The van der Waals surface area contributed by atoms with E-state index in [-0.39, 0.29) is 29.0 Å². The quantitative estimate of drug-likeness (QED) is 0.696. The Morgan fingerprint density at radius 1 is 1.23 bits per heavy atom. The van der Waals surface area contributed by atoms with Gasteiger partial charge in [-0.25, -0.2) is 0 Å². The fraction of sp³-hybridized carbons (Fsp3) is 0.810. The highest BCUT2D eigenvalue weighted by atomic mass is 16.3. The smallest absolute Gasteiger partial charge is 0.190 e. The summed E-state index contributed by atoms with van der Waals surface area (Å²) in [6.07, 6.45) is 5.74. The zero-order chi connectivity index (χ0) is 18.9. The third-order valence-corrected chi connectivity index (χ3v) is 8.65. The predicted octanol–water partition coefficient (Wildman–Crippen LogP) is 1.78. The highest BCUT2D eigenvalue weighted by Gasteiger charge is 2.68. The fourth-order valence-corrected chi connectivity index (χ4v) is 7.28. The van der Waals surface area contributed by atoms with Gasteiger partial charge in [0.25, 0.3) is 0 Å². The van der Waals surface area contributed by atoms with E-state index in [2.05, 4.69) is 6.92 Å². The molecule has 4 rings (SSSR count). The lowest BCUT2D eigenvalue weighted by Crippen LogP contribution is -2.62. The summed E-state index contributed by atoms with van der Waals surface area (Å²) in [5, 5.41) is 31.7. The van der Waals surface area contributed by atoms with Gasteiger partial charge in [-0.3, -0.25) is 9.59 Å². The monoisotopic (exact) mass is 362 g/mol. The van der Waals surface area contributed by atoms with Crippen LogP contribution in [0.25, 0.3) is 0 Å². The Morgan fingerprint density at radius 2 is 1.96 bits per heavy atom. The Morgan fingerprint density at radius 3 is 2.65 bits per heavy atom. The normalized spacial score (nSPS) is 50.5. The van der Waals surface area contributed by atoms with E-state index in [9.17, 15) is 24.9 Å². The molecule has 0 bridgehead atoms. The minimum Gasteiger partial charge on any atom is -0.393 e. The first-order chi connectivity index (χ1) is 12.2. The molecule has 0 radical (unpaired) electrons. The Kier molecular flexibility index (Phi) is 4.04. The number of carbonyl (C=O) groups excluding carboxylic acids is 2. The SMILES string of the molecule is C[C@@]12CCC(=O)C=C1CC[C@H]1[C@H]2[C@H](O)C[C@]2(C)[C@@H]1CC[C@@]2(O)C(=O)CO. The average molecular weight is 362 g/mol. The van der Waals surface area contributed by atoms with Crippen molar-refractivity contribution in [2.45, 2.75) is 70.5 Å². The van der Waals surface area contributed by atoms with Crippen molar-refractivity contribution < 1.29 is 24.9 Å². The van der Waals surface area contributed by atoms with Crippen LogP contribution in [0.4, 0.5) is 0 Å². The van der Waals surface area contributed by atoms with E-state index in [0.29, 0.717) is 19.3 Å². The minimum atomic E-state index is -1.54. The molecule has 0 heterocycles. The lowest BCUT2D eigenvalue weighted by molar-refractivity contribution is -0.182. The number of hydrogen-bond donors (Lipinski definition) is 3. The molecule has 5 heteroatoms. The van der Waals surface area contributed by atoms with Crippen LogP contribution in [0, 0.1) is 28.6 Å². The molecule has 3 N–H and O–H groups in total. The number of fused-ring (bicyclic) bond motifs is 5. The van der Waals surface area contributed by atoms with Crippen molar-refractivity contribution in [2.75, 3.05) is 6.61 Å². The van der Waals surface area contributed by atoms with E-state index in [1.165, 1.54) is 5.57 Å². The minimum absolute atomic E-state index is 0.0697. The van der Waals surface area contributed by atoms with Gasteiger partial charge in [-0.15, -0.1) is 0 Å².